The van der Waals surface area contributed by atoms with Gasteiger partial charge < -0.3 is 15.6 Å². The van der Waals surface area contributed by atoms with Crippen LogP contribution in [-0.2, 0) is 11.4 Å². The molecule has 0 aliphatic heterocycles. The summed E-state index contributed by atoms with van der Waals surface area (Å²) in [6.07, 6.45) is 0. The summed E-state index contributed by atoms with van der Waals surface area (Å²) in [5, 5.41) is 10.00. The predicted molar refractivity (Wildman–Crippen MR) is 84.9 cm³/mol. The van der Waals surface area contributed by atoms with Crippen LogP contribution < -0.4 is 20.9 Å². The quantitative estimate of drug-likeness (QED) is 0.671. The highest BCUT2D eigenvalue weighted by atomic mass is 19.1. The van der Waals surface area contributed by atoms with Gasteiger partial charge in [-0.2, -0.15) is 0 Å². The van der Waals surface area contributed by atoms with Crippen molar-refractivity contribution < 1.29 is 23.8 Å². The Morgan fingerprint density at radius 2 is 1.92 bits per heavy atom. The predicted octanol–water partition coefficient (Wildman–Crippen LogP) is 1.88. The van der Waals surface area contributed by atoms with E-state index in [1.54, 1.807) is 36.4 Å². The lowest BCUT2D eigenvalue weighted by molar-refractivity contribution is -0.135. The zero-order valence-corrected chi connectivity index (χ0v) is 12.6. The van der Waals surface area contributed by atoms with E-state index in [1.165, 1.54) is 12.1 Å². The Hall–Kier alpha value is -3.29. The molecule has 24 heavy (non-hydrogen) atoms. The van der Waals surface area contributed by atoms with Crippen molar-refractivity contribution in [3.05, 3.63) is 59.9 Å². The Morgan fingerprint density at radius 3 is 2.54 bits per heavy atom. The molecule has 8 heteroatoms. The number of nitrogens with zero attached hydrogens (tertiary/aromatic N) is 1. The average Bonchev–Trinajstić information content (AvgIpc) is 2.53. The van der Waals surface area contributed by atoms with Gasteiger partial charge in [0.1, 0.15) is 24.7 Å². The van der Waals surface area contributed by atoms with Crippen LogP contribution in [0.15, 0.2) is 48.5 Å². The van der Waals surface area contributed by atoms with Crippen LogP contribution in [0, 0.1) is 5.82 Å². The Balaban J connectivity index is 2.09. The molecular formula is C16H16FN3O4. The van der Waals surface area contributed by atoms with E-state index >= 15 is 0 Å². The van der Waals surface area contributed by atoms with E-state index in [-0.39, 0.29) is 12.4 Å². The number of nitrogens with two attached hydrogens (primary N) is 1. The van der Waals surface area contributed by atoms with Crippen LogP contribution in [0.4, 0.5) is 14.9 Å². The fourth-order valence-corrected chi connectivity index (χ4v) is 1.95. The van der Waals surface area contributed by atoms with Gasteiger partial charge >= 0.3 is 12.0 Å². The van der Waals surface area contributed by atoms with Crippen molar-refractivity contribution in [3.8, 4) is 5.75 Å². The molecule has 7 nitrogen and oxygen atoms in total. The summed E-state index contributed by atoms with van der Waals surface area (Å²) in [5.74, 6) is -1.01. The smallest absolute Gasteiger partial charge is 0.330 e. The minimum Gasteiger partial charge on any atom is -0.489 e. The highest BCUT2D eigenvalue weighted by Crippen LogP contribution is 2.21. The molecule has 2 aromatic rings. The maximum Gasteiger partial charge on any atom is 0.330 e. The van der Waals surface area contributed by atoms with Crippen LogP contribution in [0.25, 0.3) is 0 Å². The maximum absolute atomic E-state index is 12.9. The number of hydrazine groups is 1. The lowest BCUT2D eigenvalue weighted by Crippen LogP contribution is -2.47. The van der Waals surface area contributed by atoms with E-state index in [9.17, 15) is 14.0 Å². The Kier molecular flexibility index (Phi) is 5.56. The fraction of sp³-hybridized carbons (Fsp3) is 0.125. The molecule has 0 saturated carbocycles. The first kappa shape index (κ1) is 17.1. The monoisotopic (exact) mass is 333 g/mol. The number of rotatable bonds is 7. The topological polar surface area (TPSA) is 105 Å². The lowest BCUT2D eigenvalue weighted by atomic mass is 10.2. The van der Waals surface area contributed by atoms with Crippen molar-refractivity contribution in [1.82, 2.24) is 5.43 Å². The molecule has 4 N–H and O–H groups in total. The number of primary amides is 1. The van der Waals surface area contributed by atoms with E-state index < -0.39 is 18.5 Å². The van der Waals surface area contributed by atoms with Gasteiger partial charge in [0.2, 0.25) is 0 Å². The van der Waals surface area contributed by atoms with Crippen LogP contribution in [0.2, 0.25) is 0 Å². The van der Waals surface area contributed by atoms with Crippen molar-refractivity contribution in [1.29, 1.82) is 0 Å². The van der Waals surface area contributed by atoms with Crippen molar-refractivity contribution >= 4 is 17.7 Å². The third-order valence-corrected chi connectivity index (χ3v) is 2.99. The summed E-state index contributed by atoms with van der Waals surface area (Å²) in [6.45, 7) is -0.254. The number of nitrogens with one attached hydrogen (secondary N) is 1. The molecule has 0 spiro atoms. The van der Waals surface area contributed by atoms with Gasteiger partial charge in [-0.15, -0.1) is 0 Å². The average molecular weight is 333 g/mol. The normalized spacial score (nSPS) is 10.0. The molecule has 0 fully saturated rings. The summed E-state index contributed by atoms with van der Waals surface area (Å²) in [4.78, 5) is 21.9. The Morgan fingerprint density at radius 1 is 1.21 bits per heavy atom. The van der Waals surface area contributed by atoms with Gasteiger partial charge in [0, 0.05) is 6.07 Å². The molecule has 2 amide bonds. The molecule has 0 radical (unpaired) electrons. The van der Waals surface area contributed by atoms with Crippen LogP contribution >= 0.6 is 0 Å². The number of carbonyl (C=O) groups excluding carboxylic acids is 1. The molecule has 0 bridgehead atoms. The molecule has 0 unspecified atom stereocenters. The second-order valence-electron chi connectivity index (χ2n) is 4.87. The first-order valence-electron chi connectivity index (χ1n) is 6.97. The molecule has 0 aromatic heterocycles. The van der Waals surface area contributed by atoms with Gasteiger partial charge in [0.05, 0.1) is 5.69 Å². The molecule has 0 aliphatic rings. The summed E-state index contributed by atoms with van der Waals surface area (Å²) in [5.41, 5.74) is 8.45. The summed E-state index contributed by atoms with van der Waals surface area (Å²) in [7, 11) is 0. The van der Waals surface area contributed by atoms with Gasteiger partial charge in [-0.1, -0.05) is 18.2 Å². The second kappa shape index (κ2) is 7.82. The molecule has 0 aliphatic carbocycles. The highest BCUT2D eigenvalue weighted by Gasteiger charge is 2.13. The number of aliphatic carboxylic acids is 1. The third-order valence-electron chi connectivity index (χ3n) is 2.99. The number of halogens is 1. The summed E-state index contributed by atoms with van der Waals surface area (Å²) >= 11 is 0. The van der Waals surface area contributed by atoms with Crippen LogP contribution in [-0.4, -0.2) is 23.7 Å². The molecule has 0 heterocycles. The van der Waals surface area contributed by atoms with Crippen molar-refractivity contribution in [2.75, 3.05) is 11.6 Å². The largest absolute Gasteiger partial charge is 0.489 e. The number of benzene rings is 2. The van der Waals surface area contributed by atoms with Gasteiger partial charge in [-0.05, 0) is 29.8 Å². The summed E-state index contributed by atoms with van der Waals surface area (Å²) < 4.78 is 18.5. The van der Waals surface area contributed by atoms with Crippen molar-refractivity contribution in [2.45, 2.75) is 6.61 Å². The first-order valence-corrected chi connectivity index (χ1v) is 6.97. The number of amides is 2. The van der Waals surface area contributed by atoms with E-state index in [4.69, 9.17) is 15.6 Å². The van der Waals surface area contributed by atoms with Gasteiger partial charge in [0.15, 0.2) is 0 Å². The van der Waals surface area contributed by atoms with Crippen LogP contribution in [0.5, 0.6) is 5.75 Å². The Labute approximate surface area is 137 Å². The van der Waals surface area contributed by atoms with E-state index in [1.807, 2.05) is 0 Å². The van der Waals surface area contributed by atoms with Gasteiger partial charge in [-0.3, -0.25) is 9.80 Å². The molecular weight excluding hydrogens is 317 g/mol. The molecule has 2 rings (SSSR count). The number of hydrogen-bond donors (Lipinski definition) is 3. The number of urea groups is 1. The fourth-order valence-electron chi connectivity index (χ4n) is 1.95. The van der Waals surface area contributed by atoms with E-state index in [0.29, 0.717) is 11.4 Å². The standard InChI is InChI=1S/C16H16FN3O4/c17-12-6-4-11(5-7-12)10-24-14-3-1-2-13(8-14)20(9-15(21)22)19-16(18)23/h1-8H,9-10H2,(H,21,22)(H3,18,19,23). The van der Waals surface area contributed by atoms with E-state index in [0.717, 1.165) is 10.6 Å². The van der Waals surface area contributed by atoms with E-state index in [2.05, 4.69) is 5.43 Å². The highest BCUT2D eigenvalue weighted by molar-refractivity contribution is 5.78. The summed E-state index contributed by atoms with van der Waals surface area (Å²) in [6, 6.07) is 11.5. The number of ether oxygens (including phenoxy) is 1. The van der Waals surface area contributed by atoms with Crippen molar-refractivity contribution in [3.63, 3.8) is 0 Å². The van der Waals surface area contributed by atoms with Crippen molar-refractivity contribution in [2.24, 2.45) is 5.73 Å². The minimum absolute atomic E-state index is 0.214. The minimum atomic E-state index is -1.14. The third kappa shape index (κ3) is 5.16. The van der Waals surface area contributed by atoms with Crippen LogP contribution in [0.1, 0.15) is 5.56 Å². The number of carboxylic acid groups (broad SMARTS) is 1. The number of carbonyl (C=O) groups is 2. The lowest BCUT2D eigenvalue weighted by Gasteiger charge is -2.22. The molecule has 0 saturated heterocycles. The van der Waals surface area contributed by atoms with Gasteiger partial charge in [0.25, 0.3) is 0 Å². The van der Waals surface area contributed by atoms with Gasteiger partial charge in [-0.25, -0.2) is 14.6 Å². The molecule has 0 atom stereocenters. The van der Waals surface area contributed by atoms with Crippen LogP contribution in [0.3, 0.4) is 0 Å². The first-order chi connectivity index (χ1) is 11.4. The number of anilines is 1. The number of carboxylic acids is 1. The zero-order chi connectivity index (χ0) is 17.5. The maximum atomic E-state index is 12.9. The Bertz CT molecular complexity index is 706. The SMILES string of the molecule is NC(=O)NN(CC(=O)O)c1cccc(OCc2ccc(F)cc2)c1. The molecule has 2 aromatic carbocycles. The molecule has 126 valence electrons. The zero-order valence-electron chi connectivity index (χ0n) is 12.6. The second-order valence-corrected chi connectivity index (χ2v) is 4.87. The number of hydrogen-bond acceptors (Lipinski definition) is 4.